The highest BCUT2D eigenvalue weighted by atomic mass is 16.5. The first-order valence-corrected chi connectivity index (χ1v) is 5.59. The Morgan fingerprint density at radius 3 is 2.59 bits per heavy atom. The zero-order valence-corrected chi connectivity index (χ0v) is 10.3. The minimum absolute atomic E-state index is 0.0539. The lowest BCUT2D eigenvalue weighted by molar-refractivity contribution is 0.111. The van der Waals surface area contributed by atoms with Gasteiger partial charge in [-0.2, -0.15) is 0 Å². The summed E-state index contributed by atoms with van der Waals surface area (Å²) >= 11 is 0. The van der Waals surface area contributed by atoms with Gasteiger partial charge in [0.25, 0.3) is 0 Å². The minimum Gasteiger partial charge on any atom is -0.497 e. The predicted molar refractivity (Wildman–Crippen MR) is 69.8 cm³/mol. The number of rotatable bonds is 6. The van der Waals surface area contributed by atoms with Crippen LogP contribution in [0.25, 0.3) is 0 Å². The second kappa shape index (κ2) is 7.54. The van der Waals surface area contributed by atoms with E-state index < -0.39 is 0 Å². The molecule has 0 aromatic heterocycles. The Bertz CT molecular complexity index is 384. The molecule has 0 saturated heterocycles. The van der Waals surface area contributed by atoms with E-state index in [9.17, 15) is 0 Å². The number of methoxy groups -OCH3 is 1. The fourth-order valence-electron chi connectivity index (χ4n) is 1.42. The molecule has 17 heavy (non-hydrogen) atoms. The third-order valence-corrected chi connectivity index (χ3v) is 2.36. The van der Waals surface area contributed by atoms with Crippen molar-refractivity contribution in [3.63, 3.8) is 0 Å². The fraction of sp³-hybridized carbons (Fsp3) is 0.333. The summed E-state index contributed by atoms with van der Waals surface area (Å²) in [6.07, 6.45) is 9.29. The fourth-order valence-corrected chi connectivity index (χ4v) is 1.42. The minimum atomic E-state index is 0.0539. The lowest BCUT2D eigenvalue weighted by Gasteiger charge is -2.08. The summed E-state index contributed by atoms with van der Waals surface area (Å²) in [6, 6.07) is 7.81. The zero-order chi connectivity index (χ0) is 12.5. The Morgan fingerprint density at radius 2 is 2.06 bits per heavy atom. The number of allylic oxidation sites excluding steroid dienone is 1. The van der Waals surface area contributed by atoms with Gasteiger partial charge < -0.3 is 9.47 Å². The number of ether oxygens (including phenoxy) is 2. The summed E-state index contributed by atoms with van der Waals surface area (Å²) in [6.45, 7) is 3.07. The third-order valence-electron chi connectivity index (χ3n) is 2.36. The van der Waals surface area contributed by atoms with E-state index in [1.54, 1.807) is 7.11 Å². The lowest BCUT2D eigenvalue weighted by Crippen LogP contribution is -2.04. The normalized spacial score (nSPS) is 12.3. The molecule has 90 valence electrons. The summed E-state index contributed by atoms with van der Waals surface area (Å²) in [4.78, 5) is 0. The van der Waals surface area contributed by atoms with Crippen LogP contribution in [0.5, 0.6) is 5.75 Å². The molecule has 0 radical (unpaired) electrons. The predicted octanol–water partition coefficient (Wildman–Crippen LogP) is 3.04. The number of benzene rings is 1. The highest BCUT2D eigenvalue weighted by molar-refractivity contribution is 5.26. The average molecular weight is 230 g/mol. The highest BCUT2D eigenvalue weighted by Crippen LogP contribution is 2.12. The van der Waals surface area contributed by atoms with Crippen LogP contribution in [0.4, 0.5) is 0 Å². The molecule has 0 heterocycles. The van der Waals surface area contributed by atoms with Crippen LogP contribution in [0.3, 0.4) is 0 Å². The van der Waals surface area contributed by atoms with Crippen LogP contribution in [-0.2, 0) is 11.3 Å². The van der Waals surface area contributed by atoms with Crippen molar-refractivity contribution in [1.29, 1.82) is 0 Å². The molecule has 0 amide bonds. The molecule has 1 aromatic carbocycles. The molecule has 1 atom stereocenters. The Kier molecular flexibility index (Phi) is 5.92. The van der Waals surface area contributed by atoms with Gasteiger partial charge in [-0.3, -0.25) is 0 Å². The average Bonchev–Trinajstić information content (AvgIpc) is 2.38. The zero-order valence-electron chi connectivity index (χ0n) is 10.3. The maximum absolute atomic E-state index is 5.56. The van der Waals surface area contributed by atoms with Crippen molar-refractivity contribution in [2.75, 3.05) is 13.7 Å². The van der Waals surface area contributed by atoms with Crippen molar-refractivity contribution in [1.82, 2.24) is 0 Å². The third kappa shape index (κ3) is 4.76. The van der Waals surface area contributed by atoms with E-state index in [4.69, 9.17) is 15.9 Å². The van der Waals surface area contributed by atoms with Crippen molar-refractivity contribution in [3.8, 4) is 18.1 Å². The van der Waals surface area contributed by atoms with Crippen LogP contribution in [0, 0.1) is 18.3 Å². The molecule has 0 saturated carbocycles. The topological polar surface area (TPSA) is 18.5 Å². The molecule has 0 aliphatic heterocycles. The van der Waals surface area contributed by atoms with Gasteiger partial charge in [-0.25, -0.2) is 0 Å². The summed E-state index contributed by atoms with van der Waals surface area (Å²) in [7, 11) is 1.65. The molecule has 1 aromatic rings. The van der Waals surface area contributed by atoms with Crippen LogP contribution in [0.2, 0.25) is 0 Å². The molecule has 0 fully saturated rings. The van der Waals surface area contributed by atoms with E-state index >= 15 is 0 Å². The van der Waals surface area contributed by atoms with E-state index in [-0.39, 0.29) is 5.92 Å². The molecule has 2 nitrogen and oxygen atoms in total. The summed E-state index contributed by atoms with van der Waals surface area (Å²) in [5, 5.41) is 0. The first kappa shape index (κ1) is 13.3. The summed E-state index contributed by atoms with van der Waals surface area (Å²) in [5.74, 6) is 3.58. The second-order valence-corrected chi connectivity index (χ2v) is 3.66. The Morgan fingerprint density at radius 1 is 1.35 bits per heavy atom. The monoisotopic (exact) mass is 230 g/mol. The lowest BCUT2D eigenvalue weighted by atomic mass is 10.1. The van der Waals surface area contributed by atoms with Gasteiger partial charge in [0.05, 0.1) is 26.2 Å². The number of hydrogen-bond donors (Lipinski definition) is 0. The van der Waals surface area contributed by atoms with Crippen LogP contribution >= 0.6 is 0 Å². The van der Waals surface area contributed by atoms with Crippen molar-refractivity contribution >= 4 is 0 Å². The molecule has 0 aliphatic carbocycles. The molecular weight excluding hydrogens is 212 g/mol. The van der Waals surface area contributed by atoms with Crippen LogP contribution in [-0.4, -0.2) is 13.7 Å². The molecule has 0 bridgehead atoms. The number of hydrogen-bond acceptors (Lipinski definition) is 2. The maximum atomic E-state index is 5.56. The molecule has 0 aliphatic rings. The molecule has 2 heteroatoms. The van der Waals surface area contributed by atoms with Crippen molar-refractivity contribution < 1.29 is 9.47 Å². The molecular formula is C15H18O2. The first-order chi connectivity index (χ1) is 8.30. The Hall–Kier alpha value is -1.72. The summed E-state index contributed by atoms with van der Waals surface area (Å²) in [5.41, 5.74) is 1.11. The second-order valence-electron chi connectivity index (χ2n) is 3.66. The van der Waals surface area contributed by atoms with Crippen LogP contribution in [0.1, 0.15) is 12.5 Å². The van der Waals surface area contributed by atoms with Gasteiger partial charge in [-0.05, 0) is 24.6 Å². The maximum Gasteiger partial charge on any atom is 0.118 e. The molecule has 0 spiro atoms. The van der Waals surface area contributed by atoms with Gasteiger partial charge in [0.15, 0.2) is 0 Å². The van der Waals surface area contributed by atoms with Gasteiger partial charge in [0, 0.05) is 0 Å². The quantitative estimate of drug-likeness (QED) is 0.552. The van der Waals surface area contributed by atoms with Crippen LogP contribution < -0.4 is 4.74 Å². The first-order valence-electron chi connectivity index (χ1n) is 5.59. The largest absolute Gasteiger partial charge is 0.497 e. The standard InChI is InChI=1S/C15H18O2/c1-4-6-13(5-2)11-17-12-14-7-9-15(16-3)10-8-14/h2,4,6-10,13H,11-12H2,1,3H3/b6-4+/t13-/m1/s1. The van der Waals surface area contributed by atoms with Gasteiger partial charge in [0.1, 0.15) is 5.75 Å². The SMILES string of the molecule is C#C[C@H](/C=C/C)COCc1ccc(OC)cc1. The van der Waals surface area contributed by atoms with Gasteiger partial charge >= 0.3 is 0 Å². The van der Waals surface area contributed by atoms with E-state index in [0.29, 0.717) is 13.2 Å². The highest BCUT2D eigenvalue weighted by Gasteiger charge is 2.00. The Balaban J connectivity index is 2.37. The summed E-state index contributed by atoms with van der Waals surface area (Å²) < 4.78 is 10.6. The van der Waals surface area contributed by atoms with Gasteiger partial charge in [0.2, 0.25) is 0 Å². The van der Waals surface area contributed by atoms with E-state index in [2.05, 4.69) is 5.92 Å². The molecule has 0 N–H and O–H groups in total. The van der Waals surface area contributed by atoms with Gasteiger partial charge in [-0.1, -0.05) is 30.2 Å². The van der Waals surface area contributed by atoms with Crippen molar-refractivity contribution in [2.45, 2.75) is 13.5 Å². The van der Waals surface area contributed by atoms with Crippen molar-refractivity contribution in [3.05, 3.63) is 42.0 Å². The molecule has 1 rings (SSSR count). The smallest absolute Gasteiger partial charge is 0.118 e. The molecule has 0 unspecified atom stereocenters. The van der Waals surface area contributed by atoms with Crippen LogP contribution in [0.15, 0.2) is 36.4 Å². The van der Waals surface area contributed by atoms with Crippen molar-refractivity contribution in [2.24, 2.45) is 5.92 Å². The van der Waals surface area contributed by atoms with E-state index in [1.165, 1.54) is 0 Å². The van der Waals surface area contributed by atoms with E-state index in [1.807, 2.05) is 43.3 Å². The van der Waals surface area contributed by atoms with Gasteiger partial charge in [-0.15, -0.1) is 6.42 Å². The van der Waals surface area contributed by atoms with E-state index in [0.717, 1.165) is 11.3 Å². The Labute approximate surface area is 103 Å². The number of terminal acetylenes is 1.